The number of hydrogen-bond donors (Lipinski definition) is 1. The van der Waals surface area contributed by atoms with Crippen molar-refractivity contribution in [2.75, 3.05) is 18.8 Å². The zero-order valence-electron chi connectivity index (χ0n) is 10.1. The number of nitrogens with one attached hydrogen (secondary N) is 1. The molecule has 0 heterocycles. The lowest BCUT2D eigenvalue weighted by Crippen LogP contribution is -2.16. The summed E-state index contributed by atoms with van der Waals surface area (Å²) in [6, 6.07) is 4.71. The number of rotatable bonds is 6. The van der Waals surface area contributed by atoms with Gasteiger partial charge in [0.05, 0.1) is 16.4 Å². The number of alkyl halides is 3. The van der Waals surface area contributed by atoms with Crippen LogP contribution in [-0.4, -0.2) is 23.1 Å². The molecule has 0 aromatic heterocycles. The molecule has 1 unspecified atom stereocenters. The van der Waals surface area contributed by atoms with E-state index in [9.17, 15) is 17.4 Å². The first-order valence-electron chi connectivity index (χ1n) is 5.71. The van der Waals surface area contributed by atoms with E-state index in [1.807, 2.05) is 6.92 Å². The van der Waals surface area contributed by atoms with E-state index in [-0.39, 0.29) is 4.90 Å². The molecule has 18 heavy (non-hydrogen) atoms. The van der Waals surface area contributed by atoms with E-state index in [1.54, 1.807) is 0 Å². The van der Waals surface area contributed by atoms with Crippen LogP contribution in [0.25, 0.3) is 0 Å². The molecule has 1 rings (SSSR count). The van der Waals surface area contributed by atoms with Crippen molar-refractivity contribution in [2.24, 2.45) is 0 Å². The lowest BCUT2D eigenvalue weighted by molar-refractivity contribution is -0.137. The highest BCUT2D eigenvalue weighted by atomic mass is 32.2. The van der Waals surface area contributed by atoms with E-state index in [2.05, 4.69) is 5.32 Å². The molecular weight excluding hydrogens is 263 g/mol. The quantitative estimate of drug-likeness (QED) is 0.811. The molecule has 0 aliphatic carbocycles. The summed E-state index contributed by atoms with van der Waals surface area (Å²) >= 11 is 0. The largest absolute Gasteiger partial charge is 0.416 e. The van der Waals surface area contributed by atoms with Gasteiger partial charge in [-0.05, 0) is 37.7 Å². The molecule has 0 bridgehead atoms. The van der Waals surface area contributed by atoms with Crippen LogP contribution in [0.1, 0.15) is 18.9 Å². The van der Waals surface area contributed by atoms with Crippen LogP contribution >= 0.6 is 0 Å². The van der Waals surface area contributed by atoms with Crippen LogP contribution in [0.15, 0.2) is 29.2 Å². The van der Waals surface area contributed by atoms with Crippen LogP contribution in [0.4, 0.5) is 13.2 Å². The Labute approximate surface area is 107 Å². The lowest BCUT2D eigenvalue weighted by atomic mass is 10.2. The second-order valence-electron chi connectivity index (χ2n) is 3.78. The van der Waals surface area contributed by atoms with E-state index in [0.717, 1.165) is 25.2 Å². The summed E-state index contributed by atoms with van der Waals surface area (Å²) < 4.78 is 49.2. The van der Waals surface area contributed by atoms with Crippen LogP contribution in [0.3, 0.4) is 0 Å². The van der Waals surface area contributed by atoms with Gasteiger partial charge in [0.2, 0.25) is 0 Å². The molecule has 1 atom stereocenters. The summed E-state index contributed by atoms with van der Waals surface area (Å²) in [7, 11) is -1.37. The Bertz CT molecular complexity index is 407. The van der Waals surface area contributed by atoms with Crippen LogP contribution in [0.5, 0.6) is 0 Å². The number of hydrogen-bond acceptors (Lipinski definition) is 2. The topological polar surface area (TPSA) is 29.1 Å². The van der Waals surface area contributed by atoms with Gasteiger partial charge >= 0.3 is 6.18 Å². The lowest BCUT2D eigenvalue weighted by Gasteiger charge is -2.08. The van der Waals surface area contributed by atoms with Crippen molar-refractivity contribution in [3.8, 4) is 0 Å². The van der Waals surface area contributed by atoms with Crippen LogP contribution in [0.2, 0.25) is 0 Å². The monoisotopic (exact) mass is 279 g/mol. The molecule has 0 saturated carbocycles. The van der Waals surface area contributed by atoms with Gasteiger partial charge in [-0.15, -0.1) is 0 Å². The maximum atomic E-state index is 12.5. The highest BCUT2D eigenvalue weighted by Crippen LogP contribution is 2.30. The van der Waals surface area contributed by atoms with Crippen LogP contribution in [0, 0.1) is 0 Å². The number of benzene rings is 1. The maximum Gasteiger partial charge on any atom is 0.416 e. The van der Waals surface area contributed by atoms with Gasteiger partial charge in [-0.25, -0.2) is 0 Å². The van der Waals surface area contributed by atoms with Crippen molar-refractivity contribution in [1.82, 2.24) is 5.32 Å². The smallest absolute Gasteiger partial charge is 0.317 e. The van der Waals surface area contributed by atoms with Gasteiger partial charge in [0.1, 0.15) is 0 Å². The minimum absolute atomic E-state index is 0.237. The predicted molar refractivity (Wildman–Crippen MR) is 65.9 cm³/mol. The van der Waals surface area contributed by atoms with E-state index in [0.29, 0.717) is 12.2 Å². The molecule has 1 aromatic rings. The molecule has 0 spiro atoms. The van der Waals surface area contributed by atoms with Gasteiger partial charge in [0.15, 0.2) is 0 Å². The second kappa shape index (κ2) is 6.89. The van der Waals surface area contributed by atoms with E-state index < -0.39 is 22.5 Å². The fraction of sp³-hybridized carbons (Fsp3) is 0.500. The fourth-order valence-electron chi connectivity index (χ4n) is 1.44. The zero-order valence-corrected chi connectivity index (χ0v) is 10.9. The predicted octanol–water partition coefficient (Wildman–Crippen LogP) is 2.81. The number of halogens is 3. The first-order valence-corrected chi connectivity index (χ1v) is 7.03. The summed E-state index contributed by atoms with van der Waals surface area (Å²) in [5.74, 6) is 0.369. The molecular formula is C12H16F3NOS. The molecule has 6 heteroatoms. The highest BCUT2D eigenvalue weighted by Gasteiger charge is 2.30. The third kappa shape index (κ3) is 4.78. The van der Waals surface area contributed by atoms with Crippen LogP contribution < -0.4 is 5.32 Å². The molecule has 0 saturated heterocycles. The Morgan fingerprint density at radius 2 is 2.06 bits per heavy atom. The second-order valence-corrected chi connectivity index (χ2v) is 5.35. The highest BCUT2D eigenvalue weighted by molar-refractivity contribution is 7.85. The Morgan fingerprint density at radius 3 is 2.67 bits per heavy atom. The van der Waals surface area contributed by atoms with Crippen molar-refractivity contribution in [3.05, 3.63) is 29.8 Å². The molecule has 0 aliphatic rings. The average molecular weight is 279 g/mol. The Morgan fingerprint density at radius 1 is 1.33 bits per heavy atom. The van der Waals surface area contributed by atoms with Gasteiger partial charge < -0.3 is 5.32 Å². The minimum atomic E-state index is -4.38. The summed E-state index contributed by atoms with van der Waals surface area (Å²) in [6.07, 6.45) is -3.71. The summed E-state index contributed by atoms with van der Waals surface area (Å²) in [5, 5.41) is 3.08. The molecule has 0 amide bonds. The van der Waals surface area contributed by atoms with Crippen molar-refractivity contribution in [2.45, 2.75) is 24.4 Å². The summed E-state index contributed by atoms with van der Waals surface area (Å²) in [5.41, 5.74) is -0.750. The Kier molecular flexibility index (Phi) is 5.81. The van der Waals surface area contributed by atoms with Gasteiger partial charge in [-0.3, -0.25) is 4.21 Å². The standard InChI is InChI=1S/C12H16F3NOS/c1-2-16-7-4-8-18(17)11-6-3-5-10(9-11)12(13,14)15/h3,5-6,9,16H,2,4,7-8H2,1H3. The fourth-order valence-corrected chi connectivity index (χ4v) is 2.57. The van der Waals surface area contributed by atoms with Crippen molar-refractivity contribution >= 4 is 10.8 Å². The third-order valence-corrected chi connectivity index (χ3v) is 3.80. The van der Waals surface area contributed by atoms with E-state index in [1.165, 1.54) is 12.1 Å². The van der Waals surface area contributed by atoms with Crippen molar-refractivity contribution < 1.29 is 17.4 Å². The zero-order chi connectivity index (χ0) is 13.6. The first-order chi connectivity index (χ1) is 8.45. The SMILES string of the molecule is CCNCCCS(=O)c1cccc(C(F)(F)F)c1. The van der Waals surface area contributed by atoms with E-state index >= 15 is 0 Å². The first kappa shape index (κ1) is 15.2. The molecule has 102 valence electrons. The van der Waals surface area contributed by atoms with Gasteiger partial charge in [0.25, 0.3) is 0 Å². The van der Waals surface area contributed by atoms with Crippen molar-refractivity contribution in [3.63, 3.8) is 0 Å². The summed E-state index contributed by atoms with van der Waals surface area (Å²) in [4.78, 5) is 0.237. The molecule has 2 nitrogen and oxygen atoms in total. The molecule has 0 radical (unpaired) electrons. The molecule has 1 N–H and O–H groups in total. The van der Waals surface area contributed by atoms with E-state index in [4.69, 9.17) is 0 Å². The molecule has 0 aliphatic heterocycles. The van der Waals surface area contributed by atoms with Gasteiger partial charge in [-0.2, -0.15) is 13.2 Å². The van der Waals surface area contributed by atoms with Crippen LogP contribution in [-0.2, 0) is 17.0 Å². The Hall–Kier alpha value is -0.880. The van der Waals surface area contributed by atoms with Crippen molar-refractivity contribution in [1.29, 1.82) is 0 Å². The minimum Gasteiger partial charge on any atom is -0.317 e. The van der Waals surface area contributed by atoms with Gasteiger partial charge in [0, 0.05) is 10.6 Å². The normalized spacial score (nSPS) is 13.6. The average Bonchev–Trinajstić information content (AvgIpc) is 2.33. The Balaban J connectivity index is 2.63. The molecule has 1 aromatic carbocycles. The summed E-state index contributed by atoms with van der Waals surface area (Å²) in [6.45, 7) is 3.52. The third-order valence-electron chi connectivity index (χ3n) is 2.36. The van der Waals surface area contributed by atoms with Gasteiger partial charge in [-0.1, -0.05) is 13.0 Å². The molecule has 0 fully saturated rings. The maximum absolute atomic E-state index is 12.5.